The van der Waals surface area contributed by atoms with Gasteiger partial charge >= 0.3 is 13.6 Å². The molecule has 1 aromatic heterocycles. The van der Waals surface area contributed by atoms with Gasteiger partial charge in [-0.05, 0) is 67.4 Å². The lowest BCUT2D eigenvalue weighted by Gasteiger charge is -2.22. The average molecular weight is 558 g/mol. The molecule has 0 radical (unpaired) electrons. The summed E-state index contributed by atoms with van der Waals surface area (Å²) in [6, 6.07) is 8.40. The van der Waals surface area contributed by atoms with Crippen molar-refractivity contribution in [2.45, 2.75) is 26.4 Å². The average Bonchev–Trinajstić information content (AvgIpc) is 3.18. The quantitative estimate of drug-likeness (QED) is 0.188. The Kier molecular flexibility index (Phi) is 8.69. The number of rotatable bonds is 8. The highest BCUT2D eigenvalue weighted by atomic mass is 35.5. The van der Waals surface area contributed by atoms with Crippen LogP contribution in [-0.4, -0.2) is 23.6 Å². The predicted molar refractivity (Wildman–Crippen MR) is 134 cm³/mol. The van der Waals surface area contributed by atoms with Gasteiger partial charge in [-0.1, -0.05) is 23.7 Å². The first kappa shape index (κ1) is 28.0. The molecule has 12 heteroatoms. The molecule has 2 unspecified atom stereocenters. The SMILES string of the molecule is CC(C)(C)C(=O)OCOP(=O)(O)C(C(=O)NC=Cc1cccc(F)c1F)c1csc2ccc(Cl)cc12. The largest absolute Gasteiger partial charge is 0.438 e. The highest BCUT2D eigenvalue weighted by molar-refractivity contribution is 7.54. The fraction of sp³-hybridized carbons (Fsp3) is 0.250. The molecule has 1 heterocycles. The van der Waals surface area contributed by atoms with E-state index in [9.17, 15) is 27.8 Å². The van der Waals surface area contributed by atoms with Crippen LogP contribution in [-0.2, 0) is 23.4 Å². The Morgan fingerprint density at radius 1 is 1.25 bits per heavy atom. The second-order valence-corrected chi connectivity index (χ2v) is 12.0. The molecule has 0 aliphatic rings. The normalized spacial score (nSPS) is 14.5. The van der Waals surface area contributed by atoms with Gasteiger partial charge in [0.25, 0.3) is 0 Å². The minimum atomic E-state index is -4.80. The molecule has 0 aliphatic carbocycles. The third-order valence-electron chi connectivity index (χ3n) is 4.94. The molecule has 36 heavy (non-hydrogen) atoms. The zero-order valence-electron chi connectivity index (χ0n) is 19.5. The van der Waals surface area contributed by atoms with Crippen LogP contribution in [0.3, 0.4) is 0 Å². The summed E-state index contributed by atoms with van der Waals surface area (Å²) in [4.78, 5) is 35.9. The van der Waals surface area contributed by atoms with Gasteiger partial charge in [-0.25, -0.2) is 8.78 Å². The van der Waals surface area contributed by atoms with E-state index in [-0.39, 0.29) is 11.1 Å². The molecule has 0 aliphatic heterocycles. The van der Waals surface area contributed by atoms with Crippen LogP contribution in [0.5, 0.6) is 0 Å². The van der Waals surface area contributed by atoms with Crippen LogP contribution < -0.4 is 5.32 Å². The maximum absolute atomic E-state index is 13.9. The number of fused-ring (bicyclic) bond motifs is 1. The molecule has 0 saturated heterocycles. The van der Waals surface area contributed by atoms with E-state index in [1.54, 1.807) is 39.0 Å². The van der Waals surface area contributed by atoms with E-state index < -0.39 is 49.0 Å². The first-order chi connectivity index (χ1) is 16.8. The standard InChI is InChI=1S/C24H23ClF2NO6PS/c1-24(2,3)23(30)33-13-34-35(31,32)21(17-12-36-19-8-7-15(25)11-16(17)19)22(29)28-10-9-14-5-4-6-18(26)20(14)27/h4-12,21H,13H2,1-3H3,(H,28,29)(H,31,32). The molecule has 0 bridgehead atoms. The van der Waals surface area contributed by atoms with Crippen molar-refractivity contribution >= 4 is 58.6 Å². The number of thiophene rings is 1. The monoisotopic (exact) mass is 557 g/mol. The van der Waals surface area contributed by atoms with E-state index in [1.165, 1.54) is 28.8 Å². The number of nitrogens with one attached hydrogen (secondary N) is 1. The zero-order chi connectivity index (χ0) is 26.7. The second-order valence-electron chi connectivity index (χ2n) is 8.71. The molecule has 3 aromatic rings. The van der Waals surface area contributed by atoms with Crippen LogP contribution in [0.25, 0.3) is 16.2 Å². The molecular formula is C24H23ClF2NO6PS. The van der Waals surface area contributed by atoms with Crippen LogP contribution in [0.15, 0.2) is 48.0 Å². The maximum atomic E-state index is 13.9. The van der Waals surface area contributed by atoms with Gasteiger partial charge in [0, 0.05) is 21.5 Å². The lowest BCUT2D eigenvalue weighted by molar-refractivity contribution is -0.159. The van der Waals surface area contributed by atoms with Crippen LogP contribution in [0, 0.1) is 17.0 Å². The molecule has 0 fully saturated rings. The van der Waals surface area contributed by atoms with Gasteiger partial charge in [0.2, 0.25) is 12.7 Å². The van der Waals surface area contributed by atoms with Crippen molar-refractivity contribution in [3.63, 3.8) is 0 Å². The number of hydrogen-bond donors (Lipinski definition) is 2. The van der Waals surface area contributed by atoms with Crippen molar-refractivity contribution in [1.29, 1.82) is 0 Å². The number of benzene rings is 2. The number of carbonyl (C=O) groups excluding carboxylic acids is 2. The zero-order valence-corrected chi connectivity index (χ0v) is 21.9. The van der Waals surface area contributed by atoms with Crippen molar-refractivity contribution in [3.05, 3.63) is 75.8 Å². The van der Waals surface area contributed by atoms with Crippen LogP contribution >= 0.6 is 30.5 Å². The van der Waals surface area contributed by atoms with Crippen molar-refractivity contribution in [3.8, 4) is 0 Å². The lowest BCUT2D eigenvalue weighted by atomic mass is 9.98. The molecule has 7 nitrogen and oxygen atoms in total. The maximum Gasteiger partial charge on any atom is 0.347 e. The van der Waals surface area contributed by atoms with Crippen molar-refractivity contribution in [1.82, 2.24) is 5.32 Å². The number of esters is 1. The molecule has 2 aromatic carbocycles. The minimum Gasteiger partial charge on any atom is -0.438 e. The Labute approximate surface area is 215 Å². The Balaban J connectivity index is 1.90. The van der Waals surface area contributed by atoms with Crippen molar-refractivity contribution in [2.24, 2.45) is 5.41 Å². The molecule has 3 rings (SSSR count). The van der Waals surface area contributed by atoms with E-state index in [4.69, 9.17) is 20.9 Å². The highest BCUT2D eigenvalue weighted by Crippen LogP contribution is 2.58. The van der Waals surface area contributed by atoms with Crippen molar-refractivity contribution < 1.29 is 37.1 Å². The number of halogens is 3. The summed E-state index contributed by atoms with van der Waals surface area (Å²) < 4.78 is 51.3. The lowest BCUT2D eigenvalue weighted by Crippen LogP contribution is -2.27. The van der Waals surface area contributed by atoms with E-state index in [1.807, 2.05) is 0 Å². The smallest absolute Gasteiger partial charge is 0.347 e. The third kappa shape index (κ3) is 6.57. The topological polar surface area (TPSA) is 102 Å². The molecule has 192 valence electrons. The summed E-state index contributed by atoms with van der Waals surface area (Å²) in [5.41, 5.74) is -2.61. The van der Waals surface area contributed by atoms with Gasteiger partial charge in [-0.2, -0.15) is 0 Å². The molecule has 0 spiro atoms. The first-order valence-corrected chi connectivity index (χ1v) is 13.4. The van der Waals surface area contributed by atoms with Gasteiger partial charge < -0.3 is 14.9 Å². The molecule has 2 atom stereocenters. The summed E-state index contributed by atoms with van der Waals surface area (Å²) in [6.45, 7) is 3.93. The van der Waals surface area contributed by atoms with Gasteiger partial charge in [0.05, 0.1) is 5.41 Å². The Morgan fingerprint density at radius 3 is 2.67 bits per heavy atom. The third-order valence-corrected chi connectivity index (χ3v) is 7.80. The fourth-order valence-electron chi connectivity index (χ4n) is 3.09. The first-order valence-electron chi connectivity index (χ1n) is 10.5. The summed E-state index contributed by atoms with van der Waals surface area (Å²) >= 11 is 7.31. The van der Waals surface area contributed by atoms with Crippen LogP contribution in [0.4, 0.5) is 8.78 Å². The van der Waals surface area contributed by atoms with Gasteiger partial charge in [0.15, 0.2) is 17.3 Å². The second kappa shape index (κ2) is 11.2. The Morgan fingerprint density at radius 2 is 1.97 bits per heavy atom. The summed E-state index contributed by atoms with van der Waals surface area (Å²) in [6.07, 6.45) is 2.12. The summed E-state index contributed by atoms with van der Waals surface area (Å²) in [7, 11) is -4.80. The van der Waals surface area contributed by atoms with Crippen LogP contribution in [0.2, 0.25) is 5.02 Å². The number of carbonyl (C=O) groups is 2. The van der Waals surface area contributed by atoms with Gasteiger partial charge in [-0.3, -0.25) is 18.7 Å². The molecular weight excluding hydrogens is 535 g/mol. The predicted octanol–water partition coefficient (Wildman–Crippen LogP) is 6.41. The van der Waals surface area contributed by atoms with Gasteiger partial charge in [0.1, 0.15) is 0 Å². The Hall–Kier alpha value is -2.62. The summed E-state index contributed by atoms with van der Waals surface area (Å²) in [5.74, 6) is -3.82. The van der Waals surface area contributed by atoms with E-state index >= 15 is 0 Å². The Bertz CT molecular complexity index is 1370. The number of hydrogen-bond acceptors (Lipinski definition) is 6. The van der Waals surface area contributed by atoms with Gasteiger partial charge in [-0.15, -0.1) is 11.3 Å². The molecule has 0 saturated carbocycles. The number of ether oxygens (including phenoxy) is 1. The van der Waals surface area contributed by atoms with E-state index in [0.717, 1.165) is 18.3 Å². The van der Waals surface area contributed by atoms with E-state index in [0.29, 0.717) is 15.1 Å². The molecule has 2 N–H and O–H groups in total. The highest BCUT2D eigenvalue weighted by Gasteiger charge is 2.42. The summed E-state index contributed by atoms with van der Waals surface area (Å²) in [5, 5.41) is 4.64. The molecule has 1 amide bonds. The fourth-order valence-corrected chi connectivity index (χ4v) is 5.62. The minimum absolute atomic E-state index is 0.142. The number of amides is 1. The van der Waals surface area contributed by atoms with Crippen molar-refractivity contribution in [2.75, 3.05) is 6.79 Å². The van der Waals surface area contributed by atoms with E-state index in [2.05, 4.69) is 5.32 Å². The van der Waals surface area contributed by atoms with Crippen LogP contribution in [0.1, 0.15) is 37.6 Å².